The van der Waals surface area contributed by atoms with Gasteiger partial charge in [-0.3, -0.25) is 9.59 Å². The minimum atomic E-state index is -0.996. The lowest BCUT2D eigenvalue weighted by molar-refractivity contribution is 0.0775. The predicted molar refractivity (Wildman–Crippen MR) is 103 cm³/mol. The average Bonchev–Trinajstić information content (AvgIpc) is 2.61. The van der Waals surface area contributed by atoms with Crippen molar-refractivity contribution in [3.05, 3.63) is 60.3 Å². The molecule has 2 aromatic rings. The molecule has 26 heavy (non-hydrogen) atoms. The topological polar surface area (TPSA) is 92.4 Å². The maximum Gasteiger partial charge on any atom is 0.269 e. The van der Waals surface area contributed by atoms with Crippen LogP contribution in [-0.2, 0) is 13.5 Å². The number of aliphatic hydroxyl groups excluding tert-OH is 2. The van der Waals surface area contributed by atoms with Crippen molar-refractivity contribution in [2.24, 2.45) is 7.05 Å². The molecule has 1 unspecified atom stereocenters. The first kappa shape index (κ1) is 20.7. The molecular weight excluding hydrogens is 454 g/mol. The van der Waals surface area contributed by atoms with Gasteiger partial charge in [0.1, 0.15) is 11.5 Å². The second kappa shape index (κ2) is 8.83. The number of carbonyl (C=O) groups is 1. The van der Waals surface area contributed by atoms with Crippen molar-refractivity contribution in [1.29, 1.82) is 0 Å². The summed E-state index contributed by atoms with van der Waals surface area (Å²) in [6, 6.07) is 4.76. The van der Waals surface area contributed by atoms with E-state index in [2.05, 4.69) is 5.10 Å². The van der Waals surface area contributed by atoms with Gasteiger partial charge in [0.25, 0.3) is 5.56 Å². The van der Waals surface area contributed by atoms with Gasteiger partial charge < -0.3 is 10.2 Å². The average molecular weight is 474 g/mol. The Balaban J connectivity index is 2.44. The molecule has 0 aliphatic heterocycles. The van der Waals surface area contributed by atoms with E-state index in [9.17, 15) is 19.1 Å². The summed E-state index contributed by atoms with van der Waals surface area (Å²) in [6.07, 6.45) is -0.879. The zero-order valence-electron chi connectivity index (χ0n) is 14.5. The zero-order valence-corrected chi connectivity index (χ0v) is 16.7. The number of rotatable bonds is 7. The number of aliphatic hydroxyl groups is 2. The molecule has 6 nitrogen and oxygen atoms in total. The van der Waals surface area contributed by atoms with Gasteiger partial charge in [0.15, 0.2) is 5.78 Å². The number of benzene rings is 1. The molecule has 0 fully saturated rings. The van der Waals surface area contributed by atoms with Crippen LogP contribution in [0.4, 0.5) is 4.39 Å². The van der Waals surface area contributed by atoms with E-state index in [1.807, 2.05) is 22.6 Å². The summed E-state index contributed by atoms with van der Waals surface area (Å²) in [5, 5.41) is 22.4. The lowest BCUT2D eigenvalue weighted by Gasteiger charge is -2.14. The van der Waals surface area contributed by atoms with Gasteiger partial charge in [-0.1, -0.05) is 6.07 Å². The van der Waals surface area contributed by atoms with Crippen molar-refractivity contribution in [3.8, 4) is 0 Å². The Bertz CT molecular complexity index is 882. The molecule has 0 saturated heterocycles. The van der Waals surface area contributed by atoms with Gasteiger partial charge in [-0.25, -0.2) is 9.07 Å². The van der Waals surface area contributed by atoms with Crippen LogP contribution in [-0.4, -0.2) is 38.5 Å². The van der Waals surface area contributed by atoms with Gasteiger partial charge in [-0.05, 0) is 59.2 Å². The minimum absolute atomic E-state index is 0.0332. The smallest absolute Gasteiger partial charge is 0.269 e. The lowest BCUT2D eigenvalue weighted by atomic mass is 9.96. The number of halogens is 2. The summed E-state index contributed by atoms with van der Waals surface area (Å²) in [5.41, 5.74) is 0.835. The molecule has 1 aromatic carbocycles. The maximum absolute atomic E-state index is 14.2. The van der Waals surface area contributed by atoms with Crippen LogP contribution >= 0.6 is 22.6 Å². The number of ketones is 1. The molecule has 2 N–H and O–H groups in total. The Labute approximate surface area is 163 Å². The molecule has 8 heteroatoms. The molecule has 0 amide bonds. The summed E-state index contributed by atoms with van der Waals surface area (Å²) < 4.78 is 16.1. The molecule has 1 atom stereocenters. The Morgan fingerprint density at radius 1 is 1.42 bits per heavy atom. The number of aromatic nitrogens is 2. The summed E-state index contributed by atoms with van der Waals surface area (Å²) >= 11 is 2.00. The highest BCUT2D eigenvalue weighted by Gasteiger charge is 2.21. The number of nitrogens with zero attached hydrogens (tertiary/aromatic N) is 2. The third kappa shape index (κ3) is 4.74. The molecule has 0 bridgehead atoms. The van der Waals surface area contributed by atoms with E-state index in [-0.39, 0.29) is 36.3 Å². The molecule has 1 heterocycles. The van der Waals surface area contributed by atoms with Crippen molar-refractivity contribution in [2.45, 2.75) is 32.3 Å². The molecule has 140 valence electrons. The summed E-state index contributed by atoms with van der Waals surface area (Å²) in [7, 11) is 1.45. The normalized spacial score (nSPS) is 12.2. The molecule has 0 aliphatic rings. The monoisotopic (exact) mass is 474 g/mol. The zero-order chi connectivity index (χ0) is 19.4. The third-order valence-electron chi connectivity index (χ3n) is 4.17. The Hall–Kier alpha value is -1.65. The van der Waals surface area contributed by atoms with E-state index in [0.29, 0.717) is 16.7 Å². The fraction of sp³-hybridized carbons (Fsp3) is 0.389. The maximum atomic E-state index is 14.2. The van der Waals surface area contributed by atoms with Crippen molar-refractivity contribution in [1.82, 2.24) is 9.78 Å². The number of carbonyl (C=O) groups excluding carboxylic acids is 1. The van der Waals surface area contributed by atoms with Crippen molar-refractivity contribution in [2.75, 3.05) is 6.61 Å². The van der Waals surface area contributed by atoms with E-state index in [4.69, 9.17) is 5.11 Å². The summed E-state index contributed by atoms with van der Waals surface area (Å²) in [6.45, 7) is 1.15. The Morgan fingerprint density at radius 3 is 2.73 bits per heavy atom. The molecule has 0 radical (unpaired) electrons. The van der Waals surface area contributed by atoms with Gasteiger partial charge in [0.2, 0.25) is 0 Å². The SMILES string of the molecule is Cc1c(Cc2ccc(I)cc2F)c(C(=O)CCC(O)CO)nn(C)c1=O. The van der Waals surface area contributed by atoms with Gasteiger partial charge in [0.05, 0.1) is 12.7 Å². The second-order valence-electron chi connectivity index (χ2n) is 6.09. The van der Waals surface area contributed by atoms with Gasteiger partial charge >= 0.3 is 0 Å². The quantitative estimate of drug-likeness (QED) is 0.472. The van der Waals surface area contributed by atoms with Crippen molar-refractivity contribution < 1.29 is 19.4 Å². The third-order valence-corrected chi connectivity index (χ3v) is 4.84. The number of hydrogen-bond donors (Lipinski definition) is 2. The van der Waals surface area contributed by atoms with Crippen LogP contribution in [0.2, 0.25) is 0 Å². The predicted octanol–water partition coefficient (Wildman–Crippen LogP) is 1.74. The molecule has 0 saturated carbocycles. The fourth-order valence-corrected chi connectivity index (χ4v) is 3.06. The number of aryl methyl sites for hydroxylation is 1. The fourth-order valence-electron chi connectivity index (χ4n) is 2.61. The highest BCUT2D eigenvalue weighted by molar-refractivity contribution is 14.1. The van der Waals surface area contributed by atoms with E-state index in [1.165, 1.54) is 13.1 Å². The van der Waals surface area contributed by atoms with E-state index < -0.39 is 18.5 Å². The van der Waals surface area contributed by atoms with Gasteiger partial charge in [0, 0.05) is 29.0 Å². The van der Waals surface area contributed by atoms with Crippen LogP contribution in [0.15, 0.2) is 23.0 Å². The number of Topliss-reactive ketones (excluding diaryl/α,β-unsaturated/α-hetero) is 1. The van der Waals surface area contributed by atoms with Crippen LogP contribution in [0.5, 0.6) is 0 Å². The second-order valence-corrected chi connectivity index (χ2v) is 7.34. The highest BCUT2D eigenvalue weighted by atomic mass is 127. The lowest BCUT2D eigenvalue weighted by Crippen LogP contribution is -2.28. The van der Waals surface area contributed by atoms with Crippen LogP contribution < -0.4 is 5.56 Å². The first-order valence-electron chi connectivity index (χ1n) is 8.07. The van der Waals surface area contributed by atoms with Crippen molar-refractivity contribution in [3.63, 3.8) is 0 Å². The van der Waals surface area contributed by atoms with E-state index >= 15 is 0 Å². The summed E-state index contributed by atoms with van der Waals surface area (Å²) in [4.78, 5) is 24.8. The Kier molecular flexibility index (Phi) is 7.01. The highest BCUT2D eigenvalue weighted by Crippen LogP contribution is 2.20. The largest absolute Gasteiger partial charge is 0.394 e. The van der Waals surface area contributed by atoms with E-state index in [1.54, 1.807) is 19.1 Å². The van der Waals surface area contributed by atoms with Crippen LogP contribution in [0, 0.1) is 16.3 Å². The molecule has 0 spiro atoms. The Morgan fingerprint density at radius 2 is 2.12 bits per heavy atom. The molecular formula is C18H20FIN2O4. The minimum Gasteiger partial charge on any atom is -0.394 e. The first-order valence-corrected chi connectivity index (χ1v) is 9.15. The van der Waals surface area contributed by atoms with Crippen molar-refractivity contribution >= 4 is 28.4 Å². The number of hydrogen-bond acceptors (Lipinski definition) is 5. The van der Waals surface area contributed by atoms with E-state index in [0.717, 1.165) is 8.25 Å². The summed E-state index contributed by atoms with van der Waals surface area (Å²) in [5.74, 6) is -0.775. The van der Waals surface area contributed by atoms with Crippen LogP contribution in [0.3, 0.4) is 0 Å². The standard InChI is InChI=1S/C18H20FIN2O4/c1-10-14(7-11-3-4-12(20)8-15(11)19)17(21-22(2)18(10)26)16(25)6-5-13(24)9-23/h3-4,8,13,23-24H,5-7,9H2,1-2H3. The van der Waals surface area contributed by atoms with Crippen LogP contribution in [0.1, 0.15) is 40.0 Å². The molecule has 0 aliphatic carbocycles. The molecule has 1 aromatic heterocycles. The molecule has 2 rings (SSSR count). The van der Waals surface area contributed by atoms with Crippen LogP contribution in [0.25, 0.3) is 0 Å². The first-order chi connectivity index (χ1) is 12.2. The van der Waals surface area contributed by atoms with Gasteiger partial charge in [-0.15, -0.1) is 0 Å². The van der Waals surface area contributed by atoms with Gasteiger partial charge in [-0.2, -0.15) is 5.10 Å².